The predicted molar refractivity (Wildman–Crippen MR) is 115 cm³/mol. The molecule has 2 aliphatic rings. The molecule has 0 aromatic heterocycles. The quantitative estimate of drug-likeness (QED) is 0.471. The topological polar surface area (TPSA) is 56.6 Å². The Morgan fingerprint density at radius 3 is 2.71 bits per heavy atom. The Kier molecular flexibility index (Phi) is 7.49. The van der Waals surface area contributed by atoms with E-state index in [0.29, 0.717) is 18.9 Å². The van der Waals surface area contributed by atoms with Crippen molar-refractivity contribution in [2.24, 2.45) is 0 Å². The van der Waals surface area contributed by atoms with Crippen molar-refractivity contribution in [3.8, 4) is 5.75 Å². The molecule has 3 rings (SSSR count). The molecule has 1 aromatic carbocycles. The SMILES string of the molecule is CCCC(=N)CC1CCC(=O)N1c1ccc(OCCCN2CCCC2C)cc1. The van der Waals surface area contributed by atoms with Gasteiger partial charge in [-0.05, 0) is 69.8 Å². The monoisotopic (exact) mass is 385 g/mol. The van der Waals surface area contributed by atoms with Crippen LogP contribution in [0.3, 0.4) is 0 Å². The minimum atomic E-state index is 0.126. The van der Waals surface area contributed by atoms with Crippen molar-refractivity contribution in [1.29, 1.82) is 5.41 Å². The number of nitrogens with zero attached hydrogens (tertiary/aromatic N) is 2. The first kappa shape index (κ1) is 20.8. The van der Waals surface area contributed by atoms with Gasteiger partial charge >= 0.3 is 0 Å². The second-order valence-electron chi connectivity index (χ2n) is 8.24. The smallest absolute Gasteiger partial charge is 0.227 e. The third-order valence-corrected chi connectivity index (χ3v) is 6.02. The number of benzene rings is 1. The van der Waals surface area contributed by atoms with E-state index < -0.39 is 0 Å². The molecule has 28 heavy (non-hydrogen) atoms. The van der Waals surface area contributed by atoms with Gasteiger partial charge in [-0.3, -0.25) is 4.79 Å². The first-order valence-corrected chi connectivity index (χ1v) is 10.9. The number of hydrogen-bond acceptors (Lipinski definition) is 4. The summed E-state index contributed by atoms with van der Waals surface area (Å²) in [5, 5.41) is 8.11. The molecule has 1 aromatic rings. The van der Waals surface area contributed by atoms with E-state index in [4.69, 9.17) is 10.1 Å². The maximum atomic E-state index is 12.4. The molecule has 1 amide bonds. The molecule has 5 heteroatoms. The average molecular weight is 386 g/mol. The van der Waals surface area contributed by atoms with Crippen LogP contribution in [0, 0.1) is 5.41 Å². The van der Waals surface area contributed by atoms with Crippen LogP contribution in [0.1, 0.15) is 65.2 Å². The fourth-order valence-electron chi connectivity index (χ4n) is 4.47. The summed E-state index contributed by atoms with van der Waals surface area (Å²) < 4.78 is 5.90. The third-order valence-electron chi connectivity index (χ3n) is 6.02. The Morgan fingerprint density at radius 2 is 2.04 bits per heavy atom. The first-order chi connectivity index (χ1) is 13.6. The Labute approximate surface area is 169 Å². The first-order valence-electron chi connectivity index (χ1n) is 10.9. The van der Waals surface area contributed by atoms with Gasteiger partial charge in [0.2, 0.25) is 5.91 Å². The summed E-state index contributed by atoms with van der Waals surface area (Å²) in [5.74, 6) is 1.03. The highest BCUT2D eigenvalue weighted by Crippen LogP contribution is 2.30. The number of carbonyl (C=O) groups is 1. The van der Waals surface area contributed by atoms with Crippen LogP contribution in [0.2, 0.25) is 0 Å². The van der Waals surface area contributed by atoms with Crippen molar-refractivity contribution in [3.63, 3.8) is 0 Å². The third kappa shape index (κ3) is 5.34. The van der Waals surface area contributed by atoms with E-state index in [1.807, 2.05) is 29.2 Å². The molecule has 2 unspecified atom stereocenters. The number of nitrogens with one attached hydrogen (secondary N) is 1. The molecular weight excluding hydrogens is 350 g/mol. The number of carbonyl (C=O) groups excluding carboxylic acids is 1. The van der Waals surface area contributed by atoms with Crippen molar-refractivity contribution < 1.29 is 9.53 Å². The maximum absolute atomic E-state index is 12.4. The van der Waals surface area contributed by atoms with Gasteiger partial charge in [-0.15, -0.1) is 0 Å². The summed E-state index contributed by atoms with van der Waals surface area (Å²) in [6.45, 7) is 7.45. The van der Waals surface area contributed by atoms with Gasteiger partial charge < -0.3 is 19.9 Å². The van der Waals surface area contributed by atoms with E-state index >= 15 is 0 Å². The summed E-state index contributed by atoms with van der Waals surface area (Å²) >= 11 is 0. The lowest BCUT2D eigenvalue weighted by molar-refractivity contribution is -0.117. The molecule has 0 aliphatic carbocycles. The average Bonchev–Trinajstić information content (AvgIpc) is 3.25. The van der Waals surface area contributed by atoms with Crippen LogP contribution in [0.5, 0.6) is 5.75 Å². The van der Waals surface area contributed by atoms with Crippen LogP contribution in [-0.2, 0) is 4.79 Å². The van der Waals surface area contributed by atoms with Gasteiger partial charge in [-0.1, -0.05) is 13.3 Å². The van der Waals surface area contributed by atoms with Crippen LogP contribution < -0.4 is 9.64 Å². The van der Waals surface area contributed by atoms with E-state index in [1.165, 1.54) is 19.4 Å². The number of amides is 1. The van der Waals surface area contributed by atoms with Crippen LogP contribution in [-0.4, -0.2) is 48.3 Å². The standard InChI is InChI=1S/C23H35N3O2/c1-3-6-19(24)17-21-10-13-23(27)26(21)20-8-11-22(12-9-20)28-16-5-15-25-14-4-7-18(25)2/h8-9,11-12,18,21,24H,3-7,10,13-17H2,1-2H3. The minimum Gasteiger partial charge on any atom is -0.494 e. The number of likely N-dealkylation sites (tertiary alicyclic amines) is 1. The Morgan fingerprint density at radius 1 is 1.25 bits per heavy atom. The molecule has 154 valence electrons. The highest BCUT2D eigenvalue weighted by Gasteiger charge is 2.32. The molecule has 0 saturated carbocycles. The molecule has 0 radical (unpaired) electrons. The van der Waals surface area contributed by atoms with Crippen LogP contribution in [0.4, 0.5) is 5.69 Å². The summed E-state index contributed by atoms with van der Waals surface area (Å²) in [5.41, 5.74) is 1.68. The number of hydrogen-bond donors (Lipinski definition) is 1. The number of rotatable bonds is 10. The molecule has 0 bridgehead atoms. The maximum Gasteiger partial charge on any atom is 0.227 e. The molecule has 1 N–H and O–H groups in total. The van der Waals surface area contributed by atoms with Crippen molar-refractivity contribution in [2.45, 2.75) is 77.3 Å². The number of anilines is 1. The molecule has 2 heterocycles. The van der Waals surface area contributed by atoms with Gasteiger partial charge in [0.05, 0.1) is 6.61 Å². The van der Waals surface area contributed by atoms with Crippen LogP contribution in [0.25, 0.3) is 0 Å². The molecule has 0 spiro atoms. The molecule has 2 saturated heterocycles. The minimum absolute atomic E-state index is 0.126. The normalized spacial score (nSPS) is 22.8. The zero-order valence-corrected chi connectivity index (χ0v) is 17.5. The summed E-state index contributed by atoms with van der Waals surface area (Å²) in [6.07, 6.45) is 7.60. The largest absolute Gasteiger partial charge is 0.494 e. The Balaban J connectivity index is 1.49. The van der Waals surface area contributed by atoms with Crippen molar-refractivity contribution in [3.05, 3.63) is 24.3 Å². The van der Waals surface area contributed by atoms with Crippen molar-refractivity contribution >= 4 is 17.3 Å². The molecule has 2 fully saturated rings. The second-order valence-corrected chi connectivity index (χ2v) is 8.24. The predicted octanol–water partition coefficient (Wildman–Crippen LogP) is 4.65. The van der Waals surface area contributed by atoms with Crippen LogP contribution in [0.15, 0.2) is 24.3 Å². The van der Waals surface area contributed by atoms with Crippen molar-refractivity contribution in [2.75, 3.05) is 24.6 Å². The molecular formula is C23H35N3O2. The molecule has 5 nitrogen and oxygen atoms in total. The second kappa shape index (κ2) is 10.1. The summed E-state index contributed by atoms with van der Waals surface area (Å²) in [4.78, 5) is 16.8. The fourth-order valence-corrected chi connectivity index (χ4v) is 4.47. The molecule has 2 aliphatic heterocycles. The number of ether oxygens (including phenoxy) is 1. The lowest BCUT2D eigenvalue weighted by atomic mass is 10.0. The molecule has 2 atom stereocenters. The lowest BCUT2D eigenvalue weighted by Crippen LogP contribution is -2.34. The fraction of sp³-hybridized carbons (Fsp3) is 0.652. The van der Waals surface area contributed by atoms with E-state index in [-0.39, 0.29) is 11.9 Å². The van der Waals surface area contributed by atoms with Gasteiger partial charge in [0.1, 0.15) is 5.75 Å². The van der Waals surface area contributed by atoms with E-state index in [0.717, 1.165) is 56.0 Å². The van der Waals surface area contributed by atoms with Gasteiger partial charge in [0, 0.05) is 42.9 Å². The van der Waals surface area contributed by atoms with E-state index in [2.05, 4.69) is 18.7 Å². The van der Waals surface area contributed by atoms with Crippen molar-refractivity contribution in [1.82, 2.24) is 4.90 Å². The summed E-state index contributed by atoms with van der Waals surface area (Å²) in [6, 6.07) is 8.74. The summed E-state index contributed by atoms with van der Waals surface area (Å²) in [7, 11) is 0. The van der Waals surface area contributed by atoms with Gasteiger partial charge in [-0.2, -0.15) is 0 Å². The van der Waals surface area contributed by atoms with E-state index in [9.17, 15) is 4.79 Å². The highest BCUT2D eigenvalue weighted by molar-refractivity contribution is 5.97. The van der Waals surface area contributed by atoms with E-state index in [1.54, 1.807) is 0 Å². The van der Waals surface area contributed by atoms with Gasteiger partial charge in [-0.25, -0.2) is 0 Å². The highest BCUT2D eigenvalue weighted by atomic mass is 16.5. The van der Waals surface area contributed by atoms with Gasteiger partial charge in [0.25, 0.3) is 0 Å². The Bertz CT molecular complexity index is 658. The van der Waals surface area contributed by atoms with Gasteiger partial charge in [0.15, 0.2) is 0 Å². The lowest BCUT2D eigenvalue weighted by Gasteiger charge is -2.25. The zero-order chi connectivity index (χ0) is 19.9. The zero-order valence-electron chi connectivity index (χ0n) is 17.5. The van der Waals surface area contributed by atoms with Crippen LogP contribution >= 0.6 is 0 Å². The Hall–Kier alpha value is -1.88.